The summed E-state index contributed by atoms with van der Waals surface area (Å²) in [5, 5.41) is 2.94. The third-order valence-electron chi connectivity index (χ3n) is 3.64. The summed E-state index contributed by atoms with van der Waals surface area (Å²) >= 11 is 0. The average molecular weight is 298 g/mol. The van der Waals surface area contributed by atoms with Gasteiger partial charge in [0.2, 0.25) is 5.91 Å². The molecular weight excluding hydrogens is 276 g/mol. The summed E-state index contributed by atoms with van der Waals surface area (Å²) < 4.78 is 5.63. The SMILES string of the molecule is Cc1ccc(OCCC(=O)N[C@H](C)c2cccnc2)cc1C. The Morgan fingerprint density at radius 1 is 1.27 bits per heavy atom. The second-order valence-corrected chi connectivity index (χ2v) is 5.42. The normalized spacial score (nSPS) is 11.8. The van der Waals surface area contributed by atoms with Crippen molar-refractivity contribution in [3.8, 4) is 5.75 Å². The van der Waals surface area contributed by atoms with Crippen molar-refractivity contribution in [2.24, 2.45) is 0 Å². The Bertz CT molecular complexity index is 626. The van der Waals surface area contributed by atoms with Gasteiger partial charge in [-0.15, -0.1) is 0 Å². The molecule has 0 bridgehead atoms. The van der Waals surface area contributed by atoms with Gasteiger partial charge in [-0.05, 0) is 55.7 Å². The summed E-state index contributed by atoms with van der Waals surface area (Å²) in [5.41, 5.74) is 3.41. The van der Waals surface area contributed by atoms with Gasteiger partial charge in [0.15, 0.2) is 0 Å². The highest BCUT2D eigenvalue weighted by Crippen LogP contribution is 2.16. The number of benzene rings is 1. The first-order chi connectivity index (χ1) is 10.6. The van der Waals surface area contributed by atoms with E-state index >= 15 is 0 Å². The van der Waals surface area contributed by atoms with Crippen LogP contribution >= 0.6 is 0 Å². The van der Waals surface area contributed by atoms with Crippen molar-refractivity contribution in [3.63, 3.8) is 0 Å². The van der Waals surface area contributed by atoms with E-state index in [1.165, 1.54) is 11.1 Å². The van der Waals surface area contributed by atoms with Crippen LogP contribution < -0.4 is 10.1 Å². The topological polar surface area (TPSA) is 51.2 Å². The first-order valence-electron chi connectivity index (χ1n) is 7.45. The molecule has 1 N–H and O–H groups in total. The van der Waals surface area contributed by atoms with Crippen LogP contribution in [0.1, 0.15) is 36.1 Å². The van der Waals surface area contributed by atoms with E-state index in [0.717, 1.165) is 11.3 Å². The molecule has 22 heavy (non-hydrogen) atoms. The number of amides is 1. The van der Waals surface area contributed by atoms with E-state index in [1.807, 2.05) is 44.2 Å². The van der Waals surface area contributed by atoms with Crippen molar-refractivity contribution in [1.82, 2.24) is 10.3 Å². The van der Waals surface area contributed by atoms with Crippen molar-refractivity contribution in [2.45, 2.75) is 33.2 Å². The number of ether oxygens (including phenoxy) is 1. The predicted molar refractivity (Wildman–Crippen MR) is 86.8 cm³/mol. The molecular formula is C18H22N2O2. The number of aryl methyl sites for hydroxylation is 2. The molecule has 0 aliphatic carbocycles. The number of carbonyl (C=O) groups excluding carboxylic acids is 1. The molecule has 0 spiro atoms. The lowest BCUT2D eigenvalue weighted by Crippen LogP contribution is -2.27. The molecule has 1 aromatic heterocycles. The molecule has 1 aromatic carbocycles. The van der Waals surface area contributed by atoms with E-state index in [0.29, 0.717) is 13.0 Å². The Kier molecular flexibility index (Phi) is 5.53. The summed E-state index contributed by atoms with van der Waals surface area (Å²) in [6, 6.07) is 9.70. The molecule has 0 saturated heterocycles. The molecule has 0 fully saturated rings. The zero-order valence-electron chi connectivity index (χ0n) is 13.3. The largest absolute Gasteiger partial charge is 0.493 e. The van der Waals surface area contributed by atoms with Crippen molar-refractivity contribution in [2.75, 3.05) is 6.61 Å². The standard InChI is InChI=1S/C18H22N2O2/c1-13-6-7-17(11-14(13)2)22-10-8-18(21)20-15(3)16-5-4-9-19-12-16/h4-7,9,11-12,15H,8,10H2,1-3H3,(H,20,21)/t15-/m1/s1. The number of pyridine rings is 1. The predicted octanol–water partition coefficient (Wildman–Crippen LogP) is 3.34. The van der Waals surface area contributed by atoms with Crippen LogP contribution in [0.4, 0.5) is 0 Å². The number of nitrogens with one attached hydrogen (secondary N) is 1. The second-order valence-electron chi connectivity index (χ2n) is 5.42. The fourth-order valence-electron chi connectivity index (χ4n) is 2.09. The highest BCUT2D eigenvalue weighted by atomic mass is 16.5. The van der Waals surface area contributed by atoms with Gasteiger partial charge >= 0.3 is 0 Å². The highest BCUT2D eigenvalue weighted by molar-refractivity contribution is 5.76. The van der Waals surface area contributed by atoms with Gasteiger partial charge in [-0.25, -0.2) is 0 Å². The lowest BCUT2D eigenvalue weighted by molar-refractivity contribution is -0.122. The maximum absolute atomic E-state index is 11.9. The van der Waals surface area contributed by atoms with Crippen molar-refractivity contribution in [3.05, 3.63) is 59.4 Å². The summed E-state index contributed by atoms with van der Waals surface area (Å²) in [5.74, 6) is 0.774. The van der Waals surface area contributed by atoms with E-state index < -0.39 is 0 Å². The van der Waals surface area contributed by atoms with Gasteiger partial charge in [0, 0.05) is 12.4 Å². The van der Waals surface area contributed by atoms with E-state index in [1.54, 1.807) is 12.4 Å². The Hall–Kier alpha value is -2.36. The van der Waals surface area contributed by atoms with Gasteiger partial charge < -0.3 is 10.1 Å². The molecule has 0 aliphatic heterocycles. The number of nitrogens with zero attached hydrogens (tertiary/aromatic N) is 1. The van der Waals surface area contributed by atoms with Crippen LogP contribution in [0.15, 0.2) is 42.7 Å². The van der Waals surface area contributed by atoms with Crippen LogP contribution in [0.2, 0.25) is 0 Å². The molecule has 4 heteroatoms. The van der Waals surface area contributed by atoms with E-state index in [9.17, 15) is 4.79 Å². The van der Waals surface area contributed by atoms with Gasteiger partial charge in [-0.2, -0.15) is 0 Å². The number of carbonyl (C=O) groups is 1. The van der Waals surface area contributed by atoms with Crippen LogP contribution in [0.25, 0.3) is 0 Å². The Morgan fingerprint density at radius 2 is 2.09 bits per heavy atom. The molecule has 116 valence electrons. The van der Waals surface area contributed by atoms with E-state index in [-0.39, 0.29) is 11.9 Å². The van der Waals surface area contributed by atoms with Gasteiger partial charge in [-0.3, -0.25) is 9.78 Å². The number of hydrogen-bond donors (Lipinski definition) is 1. The van der Waals surface area contributed by atoms with E-state index in [2.05, 4.69) is 17.2 Å². The lowest BCUT2D eigenvalue weighted by Gasteiger charge is -2.14. The monoisotopic (exact) mass is 298 g/mol. The van der Waals surface area contributed by atoms with Gasteiger partial charge in [0.25, 0.3) is 0 Å². The minimum Gasteiger partial charge on any atom is -0.493 e. The third kappa shape index (κ3) is 4.58. The third-order valence-corrected chi connectivity index (χ3v) is 3.64. The van der Waals surface area contributed by atoms with Crippen molar-refractivity contribution < 1.29 is 9.53 Å². The zero-order valence-corrected chi connectivity index (χ0v) is 13.3. The molecule has 0 saturated carbocycles. The fourth-order valence-corrected chi connectivity index (χ4v) is 2.09. The second kappa shape index (κ2) is 7.59. The number of rotatable bonds is 6. The molecule has 2 rings (SSSR count). The molecule has 2 aromatic rings. The van der Waals surface area contributed by atoms with E-state index in [4.69, 9.17) is 4.74 Å². The van der Waals surface area contributed by atoms with Gasteiger partial charge in [0.1, 0.15) is 5.75 Å². The fraction of sp³-hybridized carbons (Fsp3) is 0.333. The minimum atomic E-state index is -0.0529. The zero-order chi connectivity index (χ0) is 15.9. The van der Waals surface area contributed by atoms with Crippen molar-refractivity contribution in [1.29, 1.82) is 0 Å². The average Bonchev–Trinajstić information content (AvgIpc) is 2.51. The Balaban J connectivity index is 1.77. The lowest BCUT2D eigenvalue weighted by atomic mass is 10.1. The van der Waals surface area contributed by atoms with Crippen molar-refractivity contribution >= 4 is 5.91 Å². The molecule has 0 radical (unpaired) electrons. The van der Waals surface area contributed by atoms with Crippen LogP contribution in [-0.2, 0) is 4.79 Å². The quantitative estimate of drug-likeness (QED) is 0.890. The molecule has 1 atom stereocenters. The summed E-state index contributed by atoms with van der Waals surface area (Å²) in [4.78, 5) is 16.0. The molecule has 0 unspecified atom stereocenters. The van der Waals surface area contributed by atoms with Crippen LogP contribution in [0.5, 0.6) is 5.75 Å². The summed E-state index contributed by atoms with van der Waals surface area (Å²) in [6.07, 6.45) is 3.81. The Morgan fingerprint density at radius 3 is 2.77 bits per heavy atom. The minimum absolute atomic E-state index is 0.0276. The smallest absolute Gasteiger partial charge is 0.223 e. The molecule has 1 amide bonds. The van der Waals surface area contributed by atoms with Crippen LogP contribution in [0, 0.1) is 13.8 Å². The van der Waals surface area contributed by atoms with Gasteiger partial charge in [0.05, 0.1) is 19.1 Å². The maximum Gasteiger partial charge on any atom is 0.223 e. The van der Waals surface area contributed by atoms with Gasteiger partial charge in [-0.1, -0.05) is 12.1 Å². The molecule has 0 aliphatic rings. The highest BCUT2D eigenvalue weighted by Gasteiger charge is 2.09. The molecule has 1 heterocycles. The maximum atomic E-state index is 11.9. The molecule has 4 nitrogen and oxygen atoms in total. The number of aromatic nitrogens is 1. The Labute approximate surface area is 131 Å². The summed E-state index contributed by atoms with van der Waals surface area (Å²) in [7, 11) is 0. The first-order valence-corrected chi connectivity index (χ1v) is 7.45. The number of hydrogen-bond acceptors (Lipinski definition) is 3. The van der Waals surface area contributed by atoms with Crippen LogP contribution in [-0.4, -0.2) is 17.5 Å². The first kappa shape index (κ1) is 16.0. The summed E-state index contributed by atoms with van der Waals surface area (Å²) in [6.45, 7) is 6.42. The van der Waals surface area contributed by atoms with Crippen LogP contribution in [0.3, 0.4) is 0 Å².